The highest BCUT2D eigenvalue weighted by Crippen LogP contribution is 2.24. The summed E-state index contributed by atoms with van der Waals surface area (Å²) >= 11 is 0. The first-order chi connectivity index (χ1) is 12.0. The molecule has 0 unspecified atom stereocenters. The van der Waals surface area contributed by atoms with Gasteiger partial charge in [-0.1, -0.05) is 32.0 Å². The molecule has 4 heteroatoms. The monoisotopic (exact) mass is 337 g/mol. The van der Waals surface area contributed by atoms with E-state index in [4.69, 9.17) is 4.74 Å². The van der Waals surface area contributed by atoms with Gasteiger partial charge >= 0.3 is 5.97 Å². The summed E-state index contributed by atoms with van der Waals surface area (Å²) in [5.74, 6) is -0.410. The van der Waals surface area contributed by atoms with Crippen LogP contribution in [0.5, 0.6) is 0 Å². The number of nitrogens with one attached hydrogen (secondary N) is 1. The van der Waals surface area contributed by atoms with Crippen molar-refractivity contribution < 1.29 is 14.3 Å². The van der Waals surface area contributed by atoms with Crippen molar-refractivity contribution in [3.8, 4) is 0 Å². The van der Waals surface area contributed by atoms with Crippen LogP contribution >= 0.6 is 0 Å². The Morgan fingerprint density at radius 1 is 1.04 bits per heavy atom. The second-order valence-corrected chi connectivity index (χ2v) is 6.74. The summed E-state index contributed by atoms with van der Waals surface area (Å²) < 4.78 is 5.10. The predicted molar refractivity (Wildman–Crippen MR) is 97.9 cm³/mol. The van der Waals surface area contributed by atoms with Gasteiger partial charge in [0.25, 0.3) is 5.91 Å². The van der Waals surface area contributed by atoms with E-state index < -0.39 is 5.97 Å². The third-order valence-corrected chi connectivity index (χ3v) is 4.53. The van der Waals surface area contributed by atoms with E-state index in [1.165, 1.54) is 17.5 Å². The highest BCUT2D eigenvalue weighted by atomic mass is 16.5. The first-order valence-electron chi connectivity index (χ1n) is 8.71. The van der Waals surface area contributed by atoms with E-state index >= 15 is 0 Å². The summed E-state index contributed by atoms with van der Waals surface area (Å²) in [5, 5.41) is 2.79. The number of benzene rings is 2. The molecule has 0 fully saturated rings. The Kier molecular flexibility index (Phi) is 5.17. The highest BCUT2D eigenvalue weighted by Gasteiger charge is 2.13. The number of rotatable bonds is 5. The Hall–Kier alpha value is -2.62. The molecule has 0 heterocycles. The average Bonchev–Trinajstić information content (AvgIpc) is 3.07. The van der Waals surface area contributed by atoms with Crippen molar-refractivity contribution >= 4 is 17.6 Å². The lowest BCUT2D eigenvalue weighted by Gasteiger charge is -2.09. The van der Waals surface area contributed by atoms with Gasteiger partial charge in [0.2, 0.25) is 0 Å². The van der Waals surface area contributed by atoms with Crippen LogP contribution in [0.15, 0.2) is 42.5 Å². The van der Waals surface area contributed by atoms with Gasteiger partial charge in [-0.25, -0.2) is 4.79 Å². The molecule has 0 aromatic heterocycles. The molecule has 1 aliphatic rings. The standard InChI is InChI=1S/C21H23NO3/c1-14(2)15-6-8-17(9-7-15)21(24)25-13-20(23)22-19-11-10-16-4-3-5-18(16)12-19/h6-12,14H,3-5,13H2,1-2H3,(H,22,23). The number of amides is 1. The van der Waals surface area contributed by atoms with Gasteiger partial charge in [-0.2, -0.15) is 0 Å². The van der Waals surface area contributed by atoms with Gasteiger partial charge in [0.15, 0.2) is 6.61 Å². The van der Waals surface area contributed by atoms with Crippen molar-refractivity contribution in [1.29, 1.82) is 0 Å². The lowest BCUT2D eigenvalue weighted by molar-refractivity contribution is -0.119. The van der Waals surface area contributed by atoms with Crippen molar-refractivity contribution in [2.75, 3.05) is 11.9 Å². The number of ether oxygens (including phenoxy) is 1. The number of hydrogen-bond donors (Lipinski definition) is 1. The summed E-state index contributed by atoms with van der Waals surface area (Å²) in [5.41, 5.74) is 5.01. The van der Waals surface area contributed by atoms with Gasteiger partial charge in [-0.05, 0) is 66.1 Å². The molecule has 0 spiro atoms. The maximum atomic E-state index is 12.0. The SMILES string of the molecule is CC(C)c1ccc(C(=O)OCC(=O)Nc2ccc3c(c2)CCC3)cc1. The van der Waals surface area contributed by atoms with Crippen LogP contribution < -0.4 is 5.32 Å². The zero-order chi connectivity index (χ0) is 17.8. The van der Waals surface area contributed by atoms with E-state index in [9.17, 15) is 9.59 Å². The van der Waals surface area contributed by atoms with Gasteiger partial charge in [0.05, 0.1) is 5.56 Å². The highest BCUT2D eigenvalue weighted by molar-refractivity contribution is 5.95. The molecule has 0 aliphatic heterocycles. The number of fused-ring (bicyclic) bond motifs is 1. The first-order valence-corrected chi connectivity index (χ1v) is 8.71. The number of carbonyl (C=O) groups is 2. The van der Waals surface area contributed by atoms with Gasteiger partial charge in [-0.15, -0.1) is 0 Å². The van der Waals surface area contributed by atoms with Gasteiger partial charge in [-0.3, -0.25) is 4.79 Å². The molecule has 1 N–H and O–H groups in total. The molecule has 25 heavy (non-hydrogen) atoms. The fourth-order valence-corrected chi connectivity index (χ4v) is 3.07. The van der Waals surface area contributed by atoms with E-state index in [1.807, 2.05) is 24.3 Å². The molecule has 2 aromatic rings. The van der Waals surface area contributed by atoms with E-state index in [0.717, 1.165) is 24.1 Å². The smallest absolute Gasteiger partial charge is 0.338 e. The topological polar surface area (TPSA) is 55.4 Å². The van der Waals surface area contributed by atoms with E-state index in [0.29, 0.717) is 11.5 Å². The van der Waals surface area contributed by atoms with Gasteiger partial charge in [0, 0.05) is 5.69 Å². The van der Waals surface area contributed by atoms with Crippen LogP contribution in [0, 0.1) is 0 Å². The van der Waals surface area contributed by atoms with Crippen LogP contribution in [0.3, 0.4) is 0 Å². The van der Waals surface area contributed by atoms with Crippen LogP contribution in [0.1, 0.15) is 53.2 Å². The maximum absolute atomic E-state index is 12.0. The molecule has 1 aliphatic carbocycles. The minimum Gasteiger partial charge on any atom is -0.452 e. The number of aryl methyl sites for hydroxylation is 2. The molecule has 0 atom stereocenters. The Labute approximate surface area is 148 Å². The summed E-state index contributed by atoms with van der Waals surface area (Å²) in [7, 11) is 0. The fraction of sp³-hybridized carbons (Fsp3) is 0.333. The van der Waals surface area contributed by atoms with Crippen LogP contribution in [-0.2, 0) is 22.4 Å². The largest absolute Gasteiger partial charge is 0.452 e. The fourth-order valence-electron chi connectivity index (χ4n) is 3.07. The Bertz CT molecular complexity index is 778. The van der Waals surface area contributed by atoms with Crippen LogP contribution in [0.4, 0.5) is 5.69 Å². The van der Waals surface area contributed by atoms with E-state index in [2.05, 4.69) is 25.2 Å². The molecular formula is C21H23NO3. The summed E-state index contributed by atoms with van der Waals surface area (Å²) in [6.45, 7) is 3.90. The minimum absolute atomic E-state index is 0.290. The Balaban J connectivity index is 1.52. The minimum atomic E-state index is -0.487. The molecule has 0 radical (unpaired) electrons. The second-order valence-electron chi connectivity index (χ2n) is 6.74. The molecule has 2 aromatic carbocycles. The number of carbonyl (C=O) groups excluding carboxylic acids is 2. The van der Waals surface area contributed by atoms with Gasteiger partial charge < -0.3 is 10.1 Å². The third-order valence-electron chi connectivity index (χ3n) is 4.53. The number of hydrogen-bond acceptors (Lipinski definition) is 3. The number of esters is 1. The van der Waals surface area contributed by atoms with E-state index in [-0.39, 0.29) is 12.5 Å². The summed E-state index contributed by atoms with van der Waals surface area (Å²) in [4.78, 5) is 24.0. The average molecular weight is 337 g/mol. The molecule has 0 saturated heterocycles. The zero-order valence-corrected chi connectivity index (χ0v) is 14.7. The molecule has 1 amide bonds. The molecule has 3 rings (SSSR count). The Morgan fingerprint density at radius 2 is 1.76 bits per heavy atom. The predicted octanol–water partition coefficient (Wildman–Crippen LogP) is 4.09. The summed E-state index contributed by atoms with van der Waals surface area (Å²) in [6.07, 6.45) is 3.33. The van der Waals surface area contributed by atoms with Crippen molar-refractivity contribution in [2.45, 2.75) is 39.0 Å². The number of anilines is 1. The van der Waals surface area contributed by atoms with Crippen molar-refractivity contribution in [3.05, 3.63) is 64.7 Å². The summed E-state index contributed by atoms with van der Waals surface area (Å²) in [6, 6.07) is 13.2. The van der Waals surface area contributed by atoms with E-state index in [1.54, 1.807) is 12.1 Å². The molecule has 130 valence electrons. The normalized spacial score (nSPS) is 12.8. The molecular weight excluding hydrogens is 314 g/mol. The molecule has 4 nitrogen and oxygen atoms in total. The van der Waals surface area contributed by atoms with Crippen LogP contribution in [0.25, 0.3) is 0 Å². The molecule has 0 saturated carbocycles. The Morgan fingerprint density at radius 3 is 2.48 bits per heavy atom. The quantitative estimate of drug-likeness (QED) is 0.836. The maximum Gasteiger partial charge on any atom is 0.338 e. The lowest BCUT2D eigenvalue weighted by atomic mass is 10.0. The van der Waals surface area contributed by atoms with Crippen molar-refractivity contribution in [2.24, 2.45) is 0 Å². The first kappa shape index (κ1) is 17.2. The van der Waals surface area contributed by atoms with Crippen molar-refractivity contribution in [3.63, 3.8) is 0 Å². The van der Waals surface area contributed by atoms with Crippen LogP contribution in [-0.4, -0.2) is 18.5 Å². The van der Waals surface area contributed by atoms with Crippen LogP contribution in [0.2, 0.25) is 0 Å². The second kappa shape index (κ2) is 7.51. The third kappa shape index (κ3) is 4.27. The zero-order valence-electron chi connectivity index (χ0n) is 14.7. The van der Waals surface area contributed by atoms with Gasteiger partial charge in [0.1, 0.15) is 0 Å². The lowest BCUT2D eigenvalue weighted by Crippen LogP contribution is -2.21. The molecule has 0 bridgehead atoms. The van der Waals surface area contributed by atoms with Crippen molar-refractivity contribution in [1.82, 2.24) is 0 Å².